The minimum atomic E-state index is -0.477. The van der Waals surface area contributed by atoms with Gasteiger partial charge in [0.05, 0.1) is 18.5 Å². The first-order valence-corrected chi connectivity index (χ1v) is 16.9. The van der Waals surface area contributed by atoms with Crippen LogP contribution in [0.15, 0.2) is 65.7 Å². The summed E-state index contributed by atoms with van der Waals surface area (Å²) in [6, 6.07) is 13.5. The van der Waals surface area contributed by atoms with Crippen LogP contribution in [0.1, 0.15) is 114 Å². The Morgan fingerprint density at radius 1 is 0.750 bits per heavy atom. The Morgan fingerprint density at radius 3 is 2.02 bits per heavy atom. The van der Waals surface area contributed by atoms with Gasteiger partial charge in [-0.3, -0.25) is 14.4 Å². The van der Waals surface area contributed by atoms with Crippen LogP contribution in [0.25, 0.3) is 0 Å². The fourth-order valence-corrected chi connectivity index (χ4v) is 4.80. The molecule has 0 spiro atoms. The van der Waals surface area contributed by atoms with E-state index in [0.717, 1.165) is 81.8 Å². The molecule has 0 saturated carbocycles. The van der Waals surface area contributed by atoms with Crippen LogP contribution in [-0.2, 0) is 46.6 Å². The Morgan fingerprint density at radius 2 is 1.35 bits per heavy atom. The van der Waals surface area contributed by atoms with Crippen LogP contribution in [0.5, 0.6) is 5.75 Å². The summed E-state index contributed by atoms with van der Waals surface area (Å²) in [6.45, 7) is 2.42. The number of aliphatic imine (C=N–C) groups is 1. The normalized spacial score (nSPS) is 11.2. The summed E-state index contributed by atoms with van der Waals surface area (Å²) in [4.78, 5) is 50.5. The number of hydrogen-bond donors (Lipinski definition) is 0. The highest BCUT2D eigenvalue weighted by Gasteiger charge is 2.15. The summed E-state index contributed by atoms with van der Waals surface area (Å²) in [5.41, 5.74) is 2.10. The standard InChI is InChI=1S/C38H48N2O8/c1-2-3-4-11-14-35(48-38(44)26-25-37(43)46-28-32-19-23-34(24-20-32)47-29-39)15-12-9-7-5-6-8-10-13-16-36(42)45-27-31-17-21-33(22-18-31)40-30-41/h9,12,17-24,35H,2-8,10-11,13-16,25-28H2,1H3/b12-9-/t35-/m1/s1. The Kier molecular flexibility index (Phi) is 20.8. The molecule has 0 aromatic heterocycles. The molecule has 0 amide bonds. The van der Waals surface area contributed by atoms with E-state index in [1.54, 1.807) is 54.8 Å². The van der Waals surface area contributed by atoms with Crippen LogP contribution >= 0.6 is 0 Å². The topological polar surface area (TPSA) is 141 Å². The van der Waals surface area contributed by atoms with E-state index >= 15 is 0 Å². The summed E-state index contributed by atoms with van der Waals surface area (Å²) in [5, 5.41) is 8.55. The molecule has 0 heterocycles. The third-order valence-electron chi connectivity index (χ3n) is 7.53. The molecule has 0 aliphatic heterocycles. The number of rotatable bonds is 25. The molecule has 2 aromatic carbocycles. The molecule has 0 bridgehead atoms. The van der Waals surface area contributed by atoms with Gasteiger partial charge in [0.2, 0.25) is 6.08 Å². The Labute approximate surface area is 284 Å². The van der Waals surface area contributed by atoms with Gasteiger partial charge in [-0.1, -0.05) is 81.9 Å². The second kappa shape index (κ2) is 25.4. The van der Waals surface area contributed by atoms with Crippen LogP contribution in [0.4, 0.5) is 5.69 Å². The number of isocyanates is 1. The Balaban J connectivity index is 1.58. The molecule has 10 heteroatoms. The van der Waals surface area contributed by atoms with E-state index in [1.807, 2.05) is 0 Å². The molecule has 0 N–H and O–H groups in total. The van der Waals surface area contributed by atoms with Crippen LogP contribution in [0.2, 0.25) is 0 Å². The van der Waals surface area contributed by atoms with E-state index in [2.05, 4.69) is 24.1 Å². The number of hydrogen-bond acceptors (Lipinski definition) is 10. The number of allylic oxidation sites excluding steroid dienone is 1. The van der Waals surface area contributed by atoms with Crippen molar-refractivity contribution < 1.29 is 38.1 Å². The molecule has 10 nitrogen and oxygen atoms in total. The number of unbranched alkanes of at least 4 members (excludes halogenated alkanes) is 8. The monoisotopic (exact) mass is 660 g/mol. The van der Waals surface area contributed by atoms with Gasteiger partial charge in [0.1, 0.15) is 25.1 Å². The number of ether oxygens (including phenoxy) is 4. The van der Waals surface area contributed by atoms with Crippen molar-refractivity contribution in [3.8, 4) is 12.0 Å². The van der Waals surface area contributed by atoms with Gasteiger partial charge in [-0.15, -0.1) is 5.26 Å². The summed E-state index contributed by atoms with van der Waals surface area (Å²) >= 11 is 0. The zero-order valence-electron chi connectivity index (χ0n) is 28.0. The quantitative estimate of drug-likeness (QED) is 0.0194. The van der Waals surface area contributed by atoms with E-state index in [4.69, 9.17) is 24.2 Å². The van der Waals surface area contributed by atoms with Crippen molar-refractivity contribution in [2.75, 3.05) is 0 Å². The van der Waals surface area contributed by atoms with E-state index in [9.17, 15) is 19.2 Å². The predicted molar refractivity (Wildman–Crippen MR) is 180 cm³/mol. The molecule has 0 saturated heterocycles. The van der Waals surface area contributed by atoms with Crippen molar-refractivity contribution in [1.82, 2.24) is 0 Å². The lowest BCUT2D eigenvalue weighted by atomic mass is 10.1. The third-order valence-corrected chi connectivity index (χ3v) is 7.53. The van der Waals surface area contributed by atoms with E-state index < -0.39 is 11.9 Å². The van der Waals surface area contributed by atoms with E-state index in [1.165, 1.54) is 6.08 Å². The Hall–Kier alpha value is -4.74. The first-order chi connectivity index (χ1) is 23.4. The van der Waals surface area contributed by atoms with Crippen molar-refractivity contribution >= 4 is 29.7 Å². The second-order valence-electron chi connectivity index (χ2n) is 11.5. The van der Waals surface area contributed by atoms with Gasteiger partial charge in [0.15, 0.2) is 0 Å². The highest BCUT2D eigenvalue weighted by Crippen LogP contribution is 2.17. The minimum Gasteiger partial charge on any atom is -0.462 e. The second-order valence-corrected chi connectivity index (χ2v) is 11.5. The molecule has 2 aromatic rings. The number of esters is 3. The number of nitriles is 1. The van der Waals surface area contributed by atoms with Gasteiger partial charge >= 0.3 is 17.9 Å². The molecule has 0 aliphatic rings. The van der Waals surface area contributed by atoms with Gasteiger partial charge in [-0.25, -0.2) is 4.79 Å². The average Bonchev–Trinajstić information content (AvgIpc) is 3.09. The molecule has 0 aliphatic carbocycles. The van der Waals surface area contributed by atoms with Gasteiger partial charge in [0.25, 0.3) is 6.26 Å². The van der Waals surface area contributed by atoms with Crippen molar-refractivity contribution in [3.05, 3.63) is 71.8 Å². The summed E-state index contributed by atoms with van der Waals surface area (Å²) < 4.78 is 21.0. The predicted octanol–water partition coefficient (Wildman–Crippen LogP) is 8.64. The molecule has 0 unspecified atom stereocenters. The van der Waals surface area contributed by atoms with Crippen LogP contribution in [0.3, 0.4) is 0 Å². The largest absolute Gasteiger partial charge is 0.462 e. The summed E-state index contributed by atoms with van der Waals surface area (Å²) in [6.07, 6.45) is 19.0. The van der Waals surface area contributed by atoms with Gasteiger partial charge in [-0.2, -0.15) is 4.99 Å². The summed E-state index contributed by atoms with van der Waals surface area (Å²) in [7, 11) is 0. The highest BCUT2D eigenvalue weighted by molar-refractivity contribution is 5.77. The molecule has 48 heavy (non-hydrogen) atoms. The number of carbonyl (C=O) groups is 3. The van der Waals surface area contributed by atoms with Crippen molar-refractivity contribution in [2.45, 2.75) is 123 Å². The number of benzene rings is 2. The number of carbonyl (C=O) groups excluding carboxylic acids is 4. The molecule has 1 atom stereocenters. The maximum Gasteiger partial charge on any atom is 0.306 e. The van der Waals surface area contributed by atoms with E-state index in [-0.39, 0.29) is 38.1 Å². The van der Waals surface area contributed by atoms with Gasteiger partial charge < -0.3 is 18.9 Å². The lowest BCUT2D eigenvalue weighted by Gasteiger charge is -2.16. The first kappa shape index (κ1) is 39.4. The first-order valence-electron chi connectivity index (χ1n) is 16.9. The molecule has 2 rings (SSSR count). The maximum absolute atomic E-state index is 12.5. The fourth-order valence-electron chi connectivity index (χ4n) is 4.80. The Bertz CT molecular complexity index is 1340. The van der Waals surface area contributed by atoms with Crippen LogP contribution in [-0.4, -0.2) is 30.1 Å². The van der Waals surface area contributed by atoms with Gasteiger partial charge in [-0.05, 0) is 67.5 Å². The van der Waals surface area contributed by atoms with Crippen molar-refractivity contribution in [1.29, 1.82) is 5.26 Å². The number of nitrogens with zero attached hydrogens (tertiary/aromatic N) is 2. The zero-order chi connectivity index (χ0) is 34.7. The smallest absolute Gasteiger partial charge is 0.306 e. The lowest BCUT2D eigenvalue weighted by molar-refractivity contribution is -0.154. The molecular formula is C38H48N2O8. The van der Waals surface area contributed by atoms with E-state index in [0.29, 0.717) is 24.3 Å². The highest BCUT2D eigenvalue weighted by atomic mass is 16.5. The van der Waals surface area contributed by atoms with Crippen molar-refractivity contribution in [2.24, 2.45) is 4.99 Å². The molecule has 258 valence electrons. The molecule has 0 fully saturated rings. The fraction of sp³-hybridized carbons (Fsp3) is 0.500. The minimum absolute atomic E-state index is 0.0339. The molecular weight excluding hydrogens is 612 g/mol. The third kappa shape index (κ3) is 19.0. The maximum atomic E-state index is 12.5. The zero-order valence-corrected chi connectivity index (χ0v) is 28.0. The molecule has 0 radical (unpaired) electrons. The van der Waals surface area contributed by atoms with Crippen LogP contribution < -0.4 is 4.74 Å². The summed E-state index contributed by atoms with van der Waals surface area (Å²) in [5.74, 6) is -0.688. The van der Waals surface area contributed by atoms with Gasteiger partial charge in [0, 0.05) is 12.8 Å². The lowest BCUT2D eigenvalue weighted by Crippen LogP contribution is -2.19. The SMILES string of the molecule is CCCCCC[C@H](C/C=C\CCCCCCCC(=O)OCc1ccc(N=C=O)cc1)OC(=O)CCC(=O)OCc1ccc(OC#N)cc1. The van der Waals surface area contributed by atoms with Crippen LogP contribution in [0, 0.1) is 11.5 Å². The van der Waals surface area contributed by atoms with Crippen molar-refractivity contribution in [3.63, 3.8) is 0 Å². The average molecular weight is 661 g/mol.